The molecule has 1 saturated carbocycles. The second-order valence-corrected chi connectivity index (χ2v) is 6.94. The number of aliphatic imine (C=N–C) groups is 1. The number of hydrogen-bond acceptors (Lipinski definition) is 4. The molecular weight excluding hydrogens is 328 g/mol. The van der Waals surface area contributed by atoms with Crippen LogP contribution in [0, 0.1) is 5.92 Å². The molecule has 0 spiro atoms. The minimum absolute atomic E-state index is 0.515. The van der Waals surface area contributed by atoms with Crippen molar-refractivity contribution < 1.29 is 9.47 Å². The molecule has 0 aliphatic heterocycles. The Hall–Kier alpha value is -1.79. The van der Waals surface area contributed by atoms with E-state index in [9.17, 15) is 0 Å². The number of hydrogen-bond donors (Lipinski definition) is 2. The van der Waals surface area contributed by atoms with Crippen LogP contribution in [0.2, 0.25) is 0 Å². The molecule has 1 unspecified atom stereocenters. The molecule has 146 valence electrons. The predicted octanol–water partition coefficient (Wildman–Crippen LogP) is 2.82. The Labute approximate surface area is 158 Å². The van der Waals surface area contributed by atoms with Gasteiger partial charge in [0.15, 0.2) is 5.96 Å². The monoisotopic (exact) mass is 362 g/mol. The number of methoxy groups -OCH3 is 1. The van der Waals surface area contributed by atoms with Crippen LogP contribution in [0.3, 0.4) is 0 Å². The van der Waals surface area contributed by atoms with Gasteiger partial charge < -0.3 is 25.0 Å². The summed E-state index contributed by atoms with van der Waals surface area (Å²) in [6.45, 7) is 5.08. The summed E-state index contributed by atoms with van der Waals surface area (Å²) in [6.07, 6.45) is 3.53. The molecule has 26 heavy (non-hydrogen) atoms. The number of guanidine groups is 1. The van der Waals surface area contributed by atoms with Crippen LogP contribution >= 0.6 is 0 Å². The number of nitrogens with one attached hydrogen (secondary N) is 2. The zero-order chi connectivity index (χ0) is 18.8. The van der Waals surface area contributed by atoms with Gasteiger partial charge in [0.05, 0.1) is 13.2 Å². The standard InChI is InChI=1S/C20H34N4O2/c1-5-21-20(22-15-19(24(2)3)16-10-11-16)23-17-8-6-9-18(14-17)26-13-7-12-25-4/h6,8-9,14,16,19H,5,7,10-13,15H2,1-4H3,(H2,21,22,23). The fraction of sp³-hybridized carbons (Fsp3) is 0.650. The molecule has 0 saturated heterocycles. The minimum atomic E-state index is 0.515. The fourth-order valence-electron chi connectivity index (χ4n) is 2.90. The van der Waals surface area contributed by atoms with E-state index < -0.39 is 0 Å². The van der Waals surface area contributed by atoms with Gasteiger partial charge in [-0.15, -0.1) is 0 Å². The van der Waals surface area contributed by atoms with Gasteiger partial charge in [0, 0.05) is 44.5 Å². The Morgan fingerprint density at radius 3 is 2.77 bits per heavy atom. The highest BCUT2D eigenvalue weighted by molar-refractivity contribution is 5.93. The van der Waals surface area contributed by atoms with Crippen molar-refractivity contribution >= 4 is 11.6 Å². The van der Waals surface area contributed by atoms with Gasteiger partial charge in [-0.1, -0.05) is 6.07 Å². The molecule has 1 atom stereocenters. The van der Waals surface area contributed by atoms with E-state index >= 15 is 0 Å². The molecule has 0 amide bonds. The van der Waals surface area contributed by atoms with Gasteiger partial charge in [0.1, 0.15) is 5.75 Å². The fourth-order valence-corrected chi connectivity index (χ4v) is 2.90. The smallest absolute Gasteiger partial charge is 0.195 e. The molecule has 1 aliphatic rings. The Balaban J connectivity index is 1.94. The Morgan fingerprint density at radius 2 is 2.12 bits per heavy atom. The number of ether oxygens (including phenoxy) is 2. The Morgan fingerprint density at radius 1 is 1.31 bits per heavy atom. The van der Waals surface area contributed by atoms with E-state index in [4.69, 9.17) is 14.5 Å². The summed E-state index contributed by atoms with van der Waals surface area (Å²) in [5.74, 6) is 2.46. The van der Waals surface area contributed by atoms with E-state index in [2.05, 4.69) is 36.6 Å². The van der Waals surface area contributed by atoms with Crippen molar-refractivity contribution in [2.24, 2.45) is 10.9 Å². The molecular formula is C20H34N4O2. The largest absolute Gasteiger partial charge is 0.493 e. The van der Waals surface area contributed by atoms with Crippen LogP contribution < -0.4 is 15.4 Å². The first-order valence-electron chi connectivity index (χ1n) is 9.57. The zero-order valence-corrected chi connectivity index (χ0v) is 16.6. The summed E-state index contributed by atoms with van der Waals surface area (Å²) in [4.78, 5) is 7.09. The first-order chi connectivity index (χ1) is 12.6. The molecule has 6 nitrogen and oxygen atoms in total. The van der Waals surface area contributed by atoms with E-state index in [1.54, 1.807) is 7.11 Å². The number of nitrogens with zero attached hydrogens (tertiary/aromatic N) is 2. The summed E-state index contributed by atoms with van der Waals surface area (Å²) in [5.41, 5.74) is 0.974. The molecule has 1 aromatic carbocycles. The molecule has 0 aromatic heterocycles. The third-order valence-corrected chi connectivity index (χ3v) is 4.47. The van der Waals surface area contributed by atoms with Crippen LogP contribution in [0.25, 0.3) is 0 Å². The summed E-state index contributed by atoms with van der Waals surface area (Å²) in [7, 11) is 5.99. The average molecular weight is 363 g/mol. The van der Waals surface area contributed by atoms with Crippen LogP contribution in [0.1, 0.15) is 26.2 Å². The number of anilines is 1. The van der Waals surface area contributed by atoms with Gasteiger partial charge in [-0.25, -0.2) is 0 Å². The molecule has 2 rings (SSSR count). The van der Waals surface area contributed by atoms with E-state index in [-0.39, 0.29) is 0 Å². The van der Waals surface area contributed by atoms with Gasteiger partial charge in [-0.3, -0.25) is 4.99 Å². The maximum atomic E-state index is 5.77. The van der Waals surface area contributed by atoms with Crippen LogP contribution in [0.15, 0.2) is 29.3 Å². The van der Waals surface area contributed by atoms with Crippen LogP contribution in [0.5, 0.6) is 5.75 Å². The van der Waals surface area contributed by atoms with Crippen molar-refractivity contribution in [1.82, 2.24) is 10.2 Å². The molecule has 1 aliphatic carbocycles. The Bertz CT molecular complexity index is 556. The molecule has 2 N–H and O–H groups in total. The highest BCUT2D eigenvalue weighted by Crippen LogP contribution is 2.34. The van der Waals surface area contributed by atoms with Gasteiger partial charge in [0.2, 0.25) is 0 Å². The van der Waals surface area contributed by atoms with E-state index in [0.717, 1.165) is 42.8 Å². The molecule has 0 bridgehead atoms. The number of likely N-dealkylation sites (N-methyl/N-ethyl adjacent to an activating group) is 1. The second kappa shape index (κ2) is 11.0. The highest BCUT2D eigenvalue weighted by Gasteiger charge is 2.32. The lowest BCUT2D eigenvalue weighted by atomic mass is 10.2. The van der Waals surface area contributed by atoms with Gasteiger partial charge >= 0.3 is 0 Å². The van der Waals surface area contributed by atoms with Crippen LogP contribution in [0.4, 0.5) is 5.69 Å². The van der Waals surface area contributed by atoms with Crippen molar-refractivity contribution in [1.29, 1.82) is 0 Å². The Kier molecular flexibility index (Phi) is 8.71. The van der Waals surface area contributed by atoms with Crippen LogP contribution in [-0.2, 0) is 4.74 Å². The quantitative estimate of drug-likeness (QED) is 0.360. The number of benzene rings is 1. The number of rotatable bonds is 11. The SMILES string of the molecule is CCNC(=NCC(C1CC1)N(C)C)Nc1cccc(OCCCOC)c1. The van der Waals surface area contributed by atoms with Crippen LogP contribution in [-0.4, -0.2) is 64.4 Å². The van der Waals surface area contributed by atoms with Crippen molar-refractivity contribution in [2.45, 2.75) is 32.2 Å². The normalized spacial score (nSPS) is 15.8. The van der Waals surface area contributed by atoms with E-state index in [0.29, 0.717) is 19.3 Å². The highest BCUT2D eigenvalue weighted by atomic mass is 16.5. The molecule has 0 radical (unpaired) electrons. The lowest BCUT2D eigenvalue weighted by molar-refractivity contribution is 0.172. The van der Waals surface area contributed by atoms with E-state index in [1.807, 2.05) is 24.3 Å². The van der Waals surface area contributed by atoms with Gasteiger partial charge in [0.25, 0.3) is 0 Å². The minimum Gasteiger partial charge on any atom is -0.493 e. The van der Waals surface area contributed by atoms with Gasteiger partial charge in [-0.2, -0.15) is 0 Å². The summed E-state index contributed by atoms with van der Waals surface area (Å²) in [6, 6.07) is 8.51. The predicted molar refractivity (Wildman–Crippen MR) is 108 cm³/mol. The summed E-state index contributed by atoms with van der Waals surface area (Å²) in [5, 5.41) is 6.72. The first kappa shape index (κ1) is 20.5. The van der Waals surface area contributed by atoms with E-state index in [1.165, 1.54) is 12.8 Å². The summed E-state index contributed by atoms with van der Waals surface area (Å²) < 4.78 is 10.8. The van der Waals surface area contributed by atoms with Crippen molar-refractivity contribution in [3.8, 4) is 5.75 Å². The second-order valence-electron chi connectivity index (χ2n) is 6.94. The van der Waals surface area contributed by atoms with Crippen molar-refractivity contribution in [3.05, 3.63) is 24.3 Å². The lowest BCUT2D eigenvalue weighted by Gasteiger charge is -2.23. The third kappa shape index (κ3) is 7.22. The van der Waals surface area contributed by atoms with Gasteiger partial charge in [-0.05, 0) is 51.9 Å². The topological polar surface area (TPSA) is 58.1 Å². The maximum absolute atomic E-state index is 5.77. The van der Waals surface area contributed by atoms with Crippen molar-refractivity contribution in [3.63, 3.8) is 0 Å². The third-order valence-electron chi connectivity index (χ3n) is 4.47. The zero-order valence-electron chi connectivity index (χ0n) is 16.6. The summed E-state index contributed by atoms with van der Waals surface area (Å²) >= 11 is 0. The molecule has 1 fully saturated rings. The van der Waals surface area contributed by atoms with Crippen molar-refractivity contribution in [2.75, 3.05) is 52.8 Å². The molecule has 0 heterocycles. The lowest BCUT2D eigenvalue weighted by Crippen LogP contribution is -2.36. The average Bonchev–Trinajstić information content (AvgIpc) is 3.44. The molecule has 1 aromatic rings. The molecule has 6 heteroatoms. The maximum Gasteiger partial charge on any atom is 0.195 e. The first-order valence-corrected chi connectivity index (χ1v) is 9.57.